The van der Waals surface area contributed by atoms with Gasteiger partial charge in [-0.15, -0.1) is 5.73 Å². The van der Waals surface area contributed by atoms with Crippen molar-refractivity contribution >= 4 is 0 Å². The van der Waals surface area contributed by atoms with Crippen molar-refractivity contribution in [1.29, 1.82) is 0 Å². The Morgan fingerprint density at radius 2 is 1.57 bits per heavy atom. The molecule has 5 unspecified atom stereocenters. The normalized spacial score (nSPS) is 21.6. The Morgan fingerprint density at radius 3 is 1.93 bits per heavy atom. The molecule has 0 saturated carbocycles. The highest BCUT2D eigenvalue weighted by Crippen LogP contribution is 2.23. The first kappa shape index (κ1) is 13.4. The molecule has 0 aliphatic rings. The maximum atomic E-state index is 9.93. The standard InChI is InChI=1S/C12H22O2/c1-6-7-8(2)9(3)12(14)10(4)11(5)13/h7-14H,1H2,2-5H3. The predicted octanol–water partition coefficient (Wildman–Crippen LogP) is 1.98. The zero-order valence-corrected chi connectivity index (χ0v) is 9.57. The SMILES string of the molecule is C=C=CC(C)C(C)C(O)C(C)C(C)O. The summed E-state index contributed by atoms with van der Waals surface area (Å²) in [7, 11) is 0. The number of aliphatic hydroxyl groups is 2. The van der Waals surface area contributed by atoms with Gasteiger partial charge in [0.2, 0.25) is 0 Å². The van der Waals surface area contributed by atoms with Crippen LogP contribution in [0.2, 0.25) is 0 Å². The Kier molecular flexibility index (Phi) is 5.78. The van der Waals surface area contributed by atoms with E-state index in [1.54, 1.807) is 6.92 Å². The molecule has 0 aromatic carbocycles. The number of hydrogen-bond acceptors (Lipinski definition) is 2. The summed E-state index contributed by atoms with van der Waals surface area (Å²) in [6.45, 7) is 11.1. The van der Waals surface area contributed by atoms with Gasteiger partial charge in [-0.25, -0.2) is 0 Å². The fourth-order valence-electron chi connectivity index (χ4n) is 1.41. The lowest BCUT2D eigenvalue weighted by Crippen LogP contribution is -2.34. The summed E-state index contributed by atoms with van der Waals surface area (Å²) < 4.78 is 0. The van der Waals surface area contributed by atoms with Crippen LogP contribution >= 0.6 is 0 Å². The van der Waals surface area contributed by atoms with E-state index in [1.165, 1.54) is 0 Å². The van der Waals surface area contributed by atoms with Crippen LogP contribution in [0, 0.1) is 17.8 Å². The van der Waals surface area contributed by atoms with Crippen molar-refractivity contribution in [2.75, 3.05) is 0 Å². The number of aliphatic hydroxyl groups excluding tert-OH is 2. The Balaban J connectivity index is 4.37. The highest BCUT2D eigenvalue weighted by Gasteiger charge is 2.26. The van der Waals surface area contributed by atoms with Crippen LogP contribution in [0.3, 0.4) is 0 Å². The van der Waals surface area contributed by atoms with Crippen LogP contribution in [-0.2, 0) is 0 Å². The third kappa shape index (κ3) is 3.67. The first-order valence-electron chi connectivity index (χ1n) is 5.13. The van der Waals surface area contributed by atoms with Crippen molar-refractivity contribution in [1.82, 2.24) is 0 Å². The molecule has 0 aromatic rings. The summed E-state index contributed by atoms with van der Waals surface area (Å²) in [5, 5.41) is 19.3. The molecule has 0 rings (SSSR count). The van der Waals surface area contributed by atoms with Gasteiger partial charge in [-0.1, -0.05) is 27.4 Å². The van der Waals surface area contributed by atoms with E-state index in [9.17, 15) is 10.2 Å². The monoisotopic (exact) mass is 198 g/mol. The summed E-state index contributed by atoms with van der Waals surface area (Å²) in [5.41, 5.74) is 2.72. The topological polar surface area (TPSA) is 40.5 Å². The van der Waals surface area contributed by atoms with Gasteiger partial charge in [0.1, 0.15) is 0 Å². The highest BCUT2D eigenvalue weighted by molar-refractivity contribution is 4.88. The van der Waals surface area contributed by atoms with E-state index in [1.807, 2.05) is 26.8 Å². The largest absolute Gasteiger partial charge is 0.393 e. The van der Waals surface area contributed by atoms with Crippen molar-refractivity contribution in [2.24, 2.45) is 17.8 Å². The van der Waals surface area contributed by atoms with E-state index in [4.69, 9.17) is 0 Å². The lowest BCUT2D eigenvalue weighted by molar-refractivity contribution is -0.00716. The van der Waals surface area contributed by atoms with Crippen molar-refractivity contribution < 1.29 is 10.2 Å². The maximum Gasteiger partial charge on any atom is 0.0621 e. The minimum atomic E-state index is -0.491. The van der Waals surface area contributed by atoms with E-state index in [0.29, 0.717) is 0 Å². The summed E-state index contributed by atoms with van der Waals surface area (Å²) in [6, 6.07) is 0. The van der Waals surface area contributed by atoms with Crippen molar-refractivity contribution in [3.63, 3.8) is 0 Å². The maximum absolute atomic E-state index is 9.93. The van der Waals surface area contributed by atoms with Gasteiger partial charge in [0.15, 0.2) is 0 Å². The van der Waals surface area contributed by atoms with Crippen LogP contribution in [0.15, 0.2) is 18.4 Å². The van der Waals surface area contributed by atoms with Crippen LogP contribution in [0.4, 0.5) is 0 Å². The minimum absolute atomic E-state index is 0.105. The third-order valence-corrected chi connectivity index (χ3v) is 3.05. The van der Waals surface area contributed by atoms with Crippen LogP contribution in [0.1, 0.15) is 27.7 Å². The molecule has 2 heteroatoms. The second-order valence-corrected chi connectivity index (χ2v) is 4.18. The van der Waals surface area contributed by atoms with Gasteiger partial charge in [-0.3, -0.25) is 0 Å². The number of rotatable bonds is 5. The molecule has 0 fully saturated rings. The van der Waals surface area contributed by atoms with Crippen LogP contribution < -0.4 is 0 Å². The molecule has 0 aromatic heterocycles. The molecule has 5 atom stereocenters. The quantitative estimate of drug-likeness (QED) is 0.663. The van der Waals surface area contributed by atoms with Gasteiger partial charge in [-0.2, -0.15) is 0 Å². The molecule has 0 bridgehead atoms. The molecule has 0 radical (unpaired) electrons. The van der Waals surface area contributed by atoms with Gasteiger partial charge < -0.3 is 10.2 Å². The predicted molar refractivity (Wildman–Crippen MR) is 58.9 cm³/mol. The smallest absolute Gasteiger partial charge is 0.0621 e. The summed E-state index contributed by atoms with van der Waals surface area (Å²) in [4.78, 5) is 0. The molecule has 0 heterocycles. The third-order valence-electron chi connectivity index (χ3n) is 3.05. The summed E-state index contributed by atoms with van der Waals surface area (Å²) >= 11 is 0. The molecule has 0 spiro atoms. The zero-order valence-electron chi connectivity index (χ0n) is 9.57. The van der Waals surface area contributed by atoms with Gasteiger partial charge >= 0.3 is 0 Å². The second kappa shape index (κ2) is 6.02. The molecule has 0 amide bonds. The van der Waals surface area contributed by atoms with E-state index in [2.05, 4.69) is 12.3 Å². The van der Waals surface area contributed by atoms with Gasteiger partial charge in [0.05, 0.1) is 12.2 Å². The van der Waals surface area contributed by atoms with E-state index >= 15 is 0 Å². The lowest BCUT2D eigenvalue weighted by atomic mass is 9.83. The average Bonchev–Trinajstić information content (AvgIpc) is 2.14. The Hall–Kier alpha value is -0.560. The van der Waals surface area contributed by atoms with E-state index in [-0.39, 0.29) is 17.8 Å². The zero-order chi connectivity index (χ0) is 11.3. The van der Waals surface area contributed by atoms with E-state index in [0.717, 1.165) is 0 Å². The van der Waals surface area contributed by atoms with Crippen molar-refractivity contribution in [3.8, 4) is 0 Å². The first-order valence-corrected chi connectivity index (χ1v) is 5.13. The fourth-order valence-corrected chi connectivity index (χ4v) is 1.41. The summed E-state index contributed by atoms with van der Waals surface area (Å²) in [5.74, 6) is 0.225. The number of hydrogen-bond donors (Lipinski definition) is 2. The number of allylic oxidation sites excluding steroid dienone is 1. The molecule has 0 aliphatic heterocycles. The first-order chi connectivity index (χ1) is 6.41. The van der Waals surface area contributed by atoms with E-state index < -0.39 is 12.2 Å². The molecule has 14 heavy (non-hydrogen) atoms. The molecule has 0 aliphatic carbocycles. The Bertz CT molecular complexity index is 204. The molecule has 2 N–H and O–H groups in total. The average molecular weight is 198 g/mol. The van der Waals surface area contributed by atoms with Crippen molar-refractivity contribution in [2.45, 2.75) is 39.9 Å². The lowest BCUT2D eigenvalue weighted by Gasteiger charge is -2.29. The van der Waals surface area contributed by atoms with Gasteiger partial charge in [-0.05, 0) is 24.8 Å². The van der Waals surface area contributed by atoms with Crippen LogP contribution in [-0.4, -0.2) is 22.4 Å². The van der Waals surface area contributed by atoms with Gasteiger partial charge in [0.25, 0.3) is 0 Å². The van der Waals surface area contributed by atoms with Crippen LogP contribution in [0.25, 0.3) is 0 Å². The molecule has 2 nitrogen and oxygen atoms in total. The Labute approximate surface area is 87.0 Å². The van der Waals surface area contributed by atoms with Crippen molar-refractivity contribution in [3.05, 3.63) is 18.4 Å². The fraction of sp³-hybridized carbons (Fsp3) is 0.750. The second-order valence-electron chi connectivity index (χ2n) is 4.18. The Morgan fingerprint density at radius 1 is 1.07 bits per heavy atom. The molecular weight excluding hydrogens is 176 g/mol. The highest BCUT2D eigenvalue weighted by atomic mass is 16.3. The van der Waals surface area contributed by atoms with Gasteiger partial charge in [0, 0.05) is 5.92 Å². The molecule has 0 saturated heterocycles. The van der Waals surface area contributed by atoms with Crippen LogP contribution in [0.5, 0.6) is 0 Å². The molecular formula is C12H22O2. The minimum Gasteiger partial charge on any atom is -0.393 e. The molecule has 82 valence electrons. The summed E-state index contributed by atoms with van der Waals surface area (Å²) in [6.07, 6.45) is 0.879.